The van der Waals surface area contributed by atoms with Gasteiger partial charge < -0.3 is 14.2 Å². The van der Waals surface area contributed by atoms with Crippen molar-refractivity contribution in [3.63, 3.8) is 0 Å². The van der Waals surface area contributed by atoms with Gasteiger partial charge in [0.25, 0.3) is 5.89 Å². The average Bonchev–Trinajstić information content (AvgIpc) is 3.41. The monoisotopic (exact) mass is 553 g/mol. The highest BCUT2D eigenvalue weighted by Gasteiger charge is 2.24. The summed E-state index contributed by atoms with van der Waals surface area (Å²) in [4.78, 5) is 31.0. The van der Waals surface area contributed by atoms with E-state index in [0.29, 0.717) is 10.9 Å². The number of amides is 1. The molecule has 0 saturated carbocycles. The average molecular weight is 554 g/mol. The molecule has 0 atom stereocenters. The van der Waals surface area contributed by atoms with Crippen molar-refractivity contribution in [2.75, 3.05) is 6.61 Å². The van der Waals surface area contributed by atoms with Crippen molar-refractivity contribution in [3.8, 4) is 11.5 Å². The molecule has 0 saturated heterocycles. The Hall–Kier alpha value is -3.19. The minimum Gasteiger partial charge on any atom is -0.459 e. The van der Waals surface area contributed by atoms with Crippen molar-refractivity contribution in [1.82, 2.24) is 15.0 Å². The number of carbonyl (C=O) groups is 2. The molecule has 0 bridgehead atoms. The fourth-order valence-corrected chi connectivity index (χ4v) is 4.63. The van der Waals surface area contributed by atoms with Crippen LogP contribution in [0.2, 0.25) is 5.02 Å². The Labute approximate surface area is 236 Å². The van der Waals surface area contributed by atoms with E-state index in [4.69, 9.17) is 20.9 Å². The number of aryl methyl sites for hydroxylation is 1. The van der Waals surface area contributed by atoms with Gasteiger partial charge in [0.2, 0.25) is 0 Å². The minimum absolute atomic E-state index is 0.134. The molecule has 1 aromatic heterocycles. The topological polar surface area (TPSA) is 85.5 Å². The fourth-order valence-electron chi connectivity index (χ4n) is 4.42. The second-order valence-corrected chi connectivity index (χ2v) is 10.2. The van der Waals surface area contributed by atoms with Crippen molar-refractivity contribution in [2.24, 2.45) is 0 Å². The standard InChI is InChI=1S/C31H40ClN3O4/c1-3-5-6-7-8-9-10-11-12-16-28-33-29(39-34-28)26-19-17-24(18-20-26)22-35(30(36)31(37)38-4-2)23-25-14-13-15-27(32)21-25/h13-15,17-21H,3-12,16,22-23H2,1-2H3. The van der Waals surface area contributed by atoms with Crippen molar-refractivity contribution < 1.29 is 18.8 Å². The van der Waals surface area contributed by atoms with Crippen LogP contribution in [-0.4, -0.2) is 33.5 Å². The molecule has 0 aliphatic rings. The van der Waals surface area contributed by atoms with Crippen LogP contribution in [0.5, 0.6) is 0 Å². The minimum atomic E-state index is -0.874. The molecule has 7 nitrogen and oxygen atoms in total. The number of carbonyl (C=O) groups excluding carboxylic acids is 2. The lowest BCUT2D eigenvalue weighted by atomic mass is 10.1. The summed E-state index contributed by atoms with van der Waals surface area (Å²) < 4.78 is 10.4. The van der Waals surface area contributed by atoms with Crippen molar-refractivity contribution >= 4 is 23.5 Å². The number of rotatable bonds is 16. The predicted molar refractivity (Wildman–Crippen MR) is 153 cm³/mol. The number of hydrogen-bond donors (Lipinski definition) is 0. The van der Waals surface area contributed by atoms with Crippen LogP contribution < -0.4 is 0 Å². The first-order valence-corrected chi connectivity index (χ1v) is 14.5. The lowest BCUT2D eigenvalue weighted by molar-refractivity contribution is -0.160. The van der Waals surface area contributed by atoms with Crippen LogP contribution in [0.4, 0.5) is 0 Å². The van der Waals surface area contributed by atoms with E-state index in [1.165, 1.54) is 56.3 Å². The number of nitrogens with zero attached hydrogens (tertiary/aromatic N) is 3. The number of halogens is 1. The molecule has 3 rings (SSSR count). The quantitative estimate of drug-likeness (QED) is 0.103. The van der Waals surface area contributed by atoms with E-state index in [0.717, 1.165) is 35.4 Å². The lowest BCUT2D eigenvalue weighted by Crippen LogP contribution is -2.36. The van der Waals surface area contributed by atoms with E-state index in [1.807, 2.05) is 36.4 Å². The van der Waals surface area contributed by atoms with Gasteiger partial charge in [0.05, 0.1) is 6.61 Å². The van der Waals surface area contributed by atoms with Crippen molar-refractivity contribution in [1.29, 1.82) is 0 Å². The second-order valence-electron chi connectivity index (χ2n) is 9.80. The largest absolute Gasteiger partial charge is 0.459 e. The zero-order valence-corrected chi connectivity index (χ0v) is 23.9. The molecular weight excluding hydrogens is 514 g/mol. The van der Waals surface area contributed by atoms with Gasteiger partial charge in [0.15, 0.2) is 5.82 Å². The zero-order valence-electron chi connectivity index (χ0n) is 23.2. The van der Waals surface area contributed by atoms with Crippen molar-refractivity contribution in [3.05, 3.63) is 70.5 Å². The van der Waals surface area contributed by atoms with Gasteiger partial charge in [-0.1, -0.05) is 99.3 Å². The molecule has 1 heterocycles. The number of esters is 1. The smallest absolute Gasteiger partial charge is 0.397 e. The summed E-state index contributed by atoms with van der Waals surface area (Å²) in [5.41, 5.74) is 2.48. The van der Waals surface area contributed by atoms with E-state index in [1.54, 1.807) is 19.1 Å². The highest BCUT2D eigenvalue weighted by Crippen LogP contribution is 2.21. The summed E-state index contributed by atoms with van der Waals surface area (Å²) in [7, 11) is 0. The first kappa shape index (κ1) is 30.4. The van der Waals surface area contributed by atoms with Crippen LogP contribution in [0.3, 0.4) is 0 Å². The molecule has 0 fully saturated rings. The molecule has 0 N–H and O–H groups in total. The molecule has 1 amide bonds. The maximum Gasteiger partial charge on any atom is 0.397 e. The molecule has 0 aliphatic heterocycles. The lowest BCUT2D eigenvalue weighted by Gasteiger charge is -2.22. The summed E-state index contributed by atoms with van der Waals surface area (Å²) in [5.74, 6) is -0.365. The van der Waals surface area contributed by atoms with Gasteiger partial charge in [-0.25, -0.2) is 4.79 Å². The summed E-state index contributed by atoms with van der Waals surface area (Å²) >= 11 is 6.11. The molecule has 3 aromatic rings. The van der Waals surface area contributed by atoms with Crippen LogP contribution in [0.15, 0.2) is 53.1 Å². The number of ether oxygens (including phenoxy) is 1. The van der Waals surface area contributed by atoms with E-state index < -0.39 is 11.9 Å². The van der Waals surface area contributed by atoms with E-state index >= 15 is 0 Å². The van der Waals surface area contributed by atoms with Gasteiger partial charge in [-0.2, -0.15) is 4.98 Å². The van der Waals surface area contributed by atoms with E-state index in [-0.39, 0.29) is 19.7 Å². The molecule has 0 radical (unpaired) electrons. The maximum absolute atomic E-state index is 12.8. The molecular formula is C31H40ClN3O4. The van der Waals surface area contributed by atoms with E-state index in [2.05, 4.69) is 17.1 Å². The number of benzene rings is 2. The van der Waals surface area contributed by atoms with Gasteiger partial charge in [-0.15, -0.1) is 0 Å². The first-order chi connectivity index (χ1) is 19.0. The maximum atomic E-state index is 12.8. The molecule has 8 heteroatoms. The highest BCUT2D eigenvalue weighted by molar-refractivity contribution is 6.32. The summed E-state index contributed by atoms with van der Waals surface area (Å²) in [5, 5.41) is 4.71. The Morgan fingerprint density at radius 2 is 1.54 bits per heavy atom. The number of hydrogen-bond acceptors (Lipinski definition) is 6. The van der Waals surface area contributed by atoms with Gasteiger partial charge >= 0.3 is 11.9 Å². The predicted octanol–water partition coefficient (Wildman–Crippen LogP) is 7.56. The van der Waals surface area contributed by atoms with Crippen LogP contribution in [0.1, 0.15) is 88.6 Å². The Bertz CT molecular complexity index is 1160. The SMILES string of the molecule is CCCCCCCCCCCc1noc(-c2ccc(CN(Cc3cccc(Cl)c3)C(=O)C(=O)OCC)cc2)n1. The number of aromatic nitrogens is 2. The first-order valence-electron chi connectivity index (χ1n) is 14.1. The second kappa shape index (κ2) is 16.7. The van der Waals surface area contributed by atoms with E-state index in [9.17, 15) is 9.59 Å². The summed E-state index contributed by atoms with van der Waals surface area (Å²) in [6, 6.07) is 14.8. The third-order valence-corrected chi connectivity index (χ3v) is 6.78. The normalized spacial score (nSPS) is 10.9. The molecule has 2 aromatic carbocycles. The molecule has 210 valence electrons. The van der Waals surface area contributed by atoms with Crippen LogP contribution in [0.25, 0.3) is 11.5 Å². The number of unbranched alkanes of at least 4 members (excludes halogenated alkanes) is 8. The third-order valence-electron chi connectivity index (χ3n) is 6.55. The summed E-state index contributed by atoms with van der Waals surface area (Å²) in [6.45, 7) is 4.51. The summed E-state index contributed by atoms with van der Waals surface area (Å²) in [6.07, 6.45) is 12.3. The molecule has 39 heavy (non-hydrogen) atoms. The Morgan fingerprint density at radius 1 is 0.872 bits per heavy atom. The van der Waals surface area contributed by atoms with Gasteiger partial charge in [0, 0.05) is 30.1 Å². The molecule has 0 unspecified atom stereocenters. The zero-order chi connectivity index (χ0) is 27.9. The molecule has 0 spiro atoms. The Kier molecular flexibility index (Phi) is 13.0. The Balaban J connectivity index is 1.53. The van der Waals surface area contributed by atoms with Crippen LogP contribution in [0, 0.1) is 0 Å². The van der Waals surface area contributed by atoms with Gasteiger partial charge in [0.1, 0.15) is 0 Å². The van der Waals surface area contributed by atoms with Crippen molar-refractivity contribution in [2.45, 2.75) is 91.1 Å². The highest BCUT2D eigenvalue weighted by atomic mass is 35.5. The van der Waals surface area contributed by atoms with Gasteiger partial charge in [-0.3, -0.25) is 4.79 Å². The fraction of sp³-hybridized carbons (Fsp3) is 0.484. The van der Waals surface area contributed by atoms with Crippen LogP contribution in [-0.2, 0) is 33.8 Å². The molecule has 0 aliphatic carbocycles. The Morgan fingerprint density at radius 3 is 2.21 bits per heavy atom. The van der Waals surface area contributed by atoms with Crippen LogP contribution >= 0.6 is 11.6 Å². The third kappa shape index (κ3) is 10.5. The van der Waals surface area contributed by atoms with Gasteiger partial charge in [-0.05, 0) is 48.7 Å².